The van der Waals surface area contributed by atoms with Gasteiger partial charge >= 0.3 is 0 Å². The van der Waals surface area contributed by atoms with Crippen molar-refractivity contribution >= 4 is 35.4 Å². The van der Waals surface area contributed by atoms with E-state index in [4.69, 9.17) is 0 Å². The highest BCUT2D eigenvalue weighted by Crippen LogP contribution is 2.23. The standard InChI is InChI=1S/C41H71N7O7/c1-14-27(12)36(38(52)43-21-29-17-15-16-18-42-29)48-41(55)35(26(10)11)46-37(51)30(23(4)5)20-32(50)31(19-22(2)3)45-39(53)34(25(8)9)47-40(54)33(24(6)7)44-28(13)49/h15-18,22-27,30-36,50H,14,19-21H2,1-13H3,(H,43,52)(H,44,49)(H,45,53)(H,46,51)(H,47,54)(H,48,55)/t27?,30-,31-,32-,33-,34-,35-,36-/m0/s1. The Morgan fingerprint density at radius 3 is 1.55 bits per heavy atom. The Morgan fingerprint density at radius 1 is 0.618 bits per heavy atom. The van der Waals surface area contributed by atoms with Crippen LogP contribution in [0.3, 0.4) is 0 Å². The number of aliphatic hydroxyl groups is 1. The van der Waals surface area contributed by atoms with Crippen LogP contribution in [0.4, 0.5) is 0 Å². The van der Waals surface area contributed by atoms with E-state index in [-0.39, 0.29) is 60.3 Å². The van der Waals surface area contributed by atoms with Crippen molar-refractivity contribution in [3.8, 4) is 0 Å². The Hall–Kier alpha value is -4.07. The van der Waals surface area contributed by atoms with Crippen molar-refractivity contribution in [3.05, 3.63) is 30.1 Å². The number of nitrogens with zero attached hydrogens (tertiary/aromatic N) is 1. The van der Waals surface area contributed by atoms with Crippen molar-refractivity contribution in [1.82, 2.24) is 36.9 Å². The molecule has 6 amide bonds. The zero-order valence-electron chi connectivity index (χ0n) is 35.5. The van der Waals surface area contributed by atoms with Gasteiger partial charge in [0.25, 0.3) is 0 Å². The Labute approximate surface area is 329 Å². The highest BCUT2D eigenvalue weighted by molar-refractivity contribution is 5.93. The van der Waals surface area contributed by atoms with E-state index in [2.05, 4.69) is 36.9 Å². The number of aliphatic hydroxyl groups excluding tert-OH is 1. The van der Waals surface area contributed by atoms with E-state index >= 15 is 0 Å². The molecule has 8 atom stereocenters. The van der Waals surface area contributed by atoms with E-state index < -0.39 is 65.9 Å². The van der Waals surface area contributed by atoms with Gasteiger partial charge in [-0.05, 0) is 60.5 Å². The molecule has 312 valence electrons. The number of hydrogen-bond donors (Lipinski definition) is 7. The molecule has 1 rings (SSSR count). The van der Waals surface area contributed by atoms with E-state index in [0.717, 1.165) is 0 Å². The number of aromatic nitrogens is 1. The topological polar surface area (TPSA) is 208 Å². The third-order valence-corrected chi connectivity index (χ3v) is 9.92. The zero-order valence-corrected chi connectivity index (χ0v) is 35.5. The first kappa shape index (κ1) is 48.9. The predicted molar refractivity (Wildman–Crippen MR) is 214 cm³/mol. The second-order valence-corrected chi connectivity index (χ2v) is 16.7. The Bertz CT molecular complexity index is 1390. The molecule has 0 spiro atoms. The summed E-state index contributed by atoms with van der Waals surface area (Å²) in [7, 11) is 0. The van der Waals surface area contributed by atoms with Crippen LogP contribution in [0.1, 0.15) is 115 Å². The minimum atomic E-state index is -1.14. The molecule has 7 N–H and O–H groups in total. The summed E-state index contributed by atoms with van der Waals surface area (Å²) >= 11 is 0. The summed E-state index contributed by atoms with van der Waals surface area (Å²) in [4.78, 5) is 83.9. The average Bonchev–Trinajstić information content (AvgIpc) is 3.10. The molecule has 0 aromatic carbocycles. The van der Waals surface area contributed by atoms with Crippen LogP contribution in [0, 0.1) is 41.4 Å². The number of carbonyl (C=O) groups excluding carboxylic acids is 6. The van der Waals surface area contributed by atoms with Gasteiger partial charge in [0.15, 0.2) is 0 Å². The van der Waals surface area contributed by atoms with Crippen LogP contribution in [0.25, 0.3) is 0 Å². The van der Waals surface area contributed by atoms with E-state index in [9.17, 15) is 33.9 Å². The van der Waals surface area contributed by atoms with E-state index in [0.29, 0.717) is 18.5 Å². The number of hydrogen-bond acceptors (Lipinski definition) is 8. The highest BCUT2D eigenvalue weighted by Gasteiger charge is 2.37. The first-order chi connectivity index (χ1) is 25.6. The predicted octanol–water partition coefficient (Wildman–Crippen LogP) is 3.23. The van der Waals surface area contributed by atoms with Crippen LogP contribution in [-0.4, -0.2) is 81.8 Å². The second kappa shape index (κ2) is 23.8. The van der Waals surface area contributed by atoms with Crippen molar-refractivity contribution in [2.45, 2.75) is 152 Å². The molecule has 0 bridgehead atoms. The van der Waals surface area contributed by atoms with Gasteiger partial charge in [-0.1, -0.05) is 95.6 Å². The zero-order chi connectivity index (χ0) is 42.2. The van der Waals surface area contributed by atoms with Gasteiger partial charge in [0.05, 0.1) is 24.4 Å². The second-order valence-electron chi connectivity index (χ2n) is 16.7. The van der Waals surface area contributed by atoms with E-state index in [1.165, 1.54) is 6.92 Å². The molecule has 1 heterocycles. The fourth-order valence-corrected chi connectivity index (χ4v) is 6.26. The quantitative estimate of drug-likeness (QED) is 0.0877. The van der Waals surface area contributed by atoms with Gasteiger partial charge in [-0.25, -0.2) is 0 Å². The number of nitrogens with one attached hydrogen (secondary N) is 6. The molecule has 0 aliphatic rings. The summed E-state index contributed by atoms with van der Waals surface area (Å²) in [5, 5.41) is 28.7. The first-order valence-electron chi connectivity index (χ1n) is 19.9. The highest BCUT2D eigenvalue weighted by atomic mass is 16.3. The average molecular weight is 774 g/mol. The number of amides is 6. The van der Waals surface area contributed by atoms with Gasteiger partial charge in [-0.3, -0.25) is 33.8 Å². The molecule has 1 aromatic heterocycles. The summed E-state index contributed by atoms with van der Waals surface area (Å²) < 4.78 is 0. The molecule has 1 aromatic rings. The molecule has 14 heteroatoms. The lowest BCUT2D eigenvalue weighted by Gasteiger charge is -2.33. The monoisotopic (exact) mass is 774 g/mol. The van der Waals surface area contributed by atoms with Crippen molar-refractivity contribution in [3.63, 3.8) is 0 Å². The first-order valence-corrected chi connectivity index (χ1v) is 19.9. The maximum atomic E-state index is 13.9. The molecule has 0 aliphatic heterocycles. The van der Waals surface area contributed by atoms with Crippen LogP contribution in [0.2, 0.25) is 0 Å². The maximum Gasteiger partial charge on any atom is 0.243 e. The minimum Gasteiger partial charge on any atom is -0.391 e. The number of pyridine rings is 1. The molecule has 1 unspecified atom stereocenters. The summed E-state index contributed by atoms with van der Waals surface area (Å²) in [5.74, 6) is -4.56. The van der Waals surface area contributed by atoms with Gasteiger partial charge < -0.3 is 37.0 Å². The van der Waals surface area contributed by atoms with Crippen LogP contribution in [0.5, 0.6) is 0 Å². The Kier molecular flexibility index (Phi) is 21.1. The van der Waals surface area contributed by atoms with Gasteiger partial charge in [0.2, 0.25) is 35.4 Å². The molecule has 14 nitrogen and oxygen atoms in total. The molecule has 0 radical (unpaired) electrons. The molecule has 0 fully saturated rings. The van der Waals surface area contributed by atoms with Crippen molar-refractivity contribution < 1.29 is 33.9 Å². The molecular formula is C41H71N7O7. The number of rotatable bonds is 23. The van der Waals surface area contributed by atoms with Crippen molar-refractivity contribution in [2.24, 2.45) is 41.4 Å². The third kappa shape index (κ3) is 16.7. The number of carbonyl (C=O) groups is 6. The Morgan fingerprint density at radius 2 is 1.11 bits per heavy atom. The molecular weight excluding hydrogens is 702 g/mol. The van der Waals surface area contributed by atoms with Crippen molar-refractivity contribution in [1.29, 1.82) is 0 Å². The van der Waals surface area contributed by atoms with Crippen LogP contribution in [0.15, 0.2) is 24.4 Å². The maximum absolute atomic E-state index is 13.9. The third-order valence-electron chi connectivity index (χ3n) is 9.92. The van der Waals surface area contributed by atoms with E-state index in [1.807, 2.05) is 47.6 Å². The summed E-state index contributed by atoms with van der Waals surface area (Å²) in [6, 6.07) is 1.07. The van der Waals surface area contributed by atoms with Crippen LogP contribution < -0.4 is 31.9 Å². The molecule has 0 saturated carbocycles. The van der Waals surface area contributed by atoms with Crippen molar-refractivity contribution in [2.75, 3.05) is 0 Å². The van der Waals surface area contributed by atoms with Gasteiger partial charge in [-0.2, -0.15) is 0 Å². The lowest BCUT2D eigenvalue weighted by atomic mass is 9.85. The summed E-state index contributed by atoms with van der Waals surface area (Å²) in [6.07, 6.45) is 1.52. The molecule has 55 heavy (non-hydrogen) atoms. The minimum absolute atomic E-state index is 0.00428. The largest absolute Gasteiger partial charge is 0.391 e. The summed E-state index contributed by atoms with van der Waals surface area (Å²) in [5.41, 5.74) is 0.680. The molecule has 0 saturated heterocycles. The smallest absolute Gasteiger partial charge is 0.243 e. The fourth-order valence-electron chi connectivity index (χ4n) is 6.26. The van der Waals surface area contributed by atoms with Gasteiger partial charge in [0, 0.05) is 19.0 Å². The normalized spacial score (nSPS) is 16.1. The fraction of sp³-hybridized carbons (Fsp3) is 0.732. The lowest BCUT2D eigenvalue weighted by molar-refractivity contribution is -0.136. The van der Waals surface area contributed by atoms with Crippen LogP contribution in [-0.2, 0) is 35.3 Å². The van der Waals surface area contributed by atoms with Gasteiger partial charge in [0.1, 0.15) is 24.2 Å². The summed E-state index contributed by atoms with van der Waals surface area (Å²) in [6.45, 7) is 23.7. The van der Waals surface area contributed by atoms with E-state index in [1.54, 1.807) is 59.9 Å². The Balaban J connectivity index is 3.18. The lowest BCUT2D eigenvalue weighted by Crippen LogP contribution is -2.59. The van der Waals surface area contributed by atoms with Gasteiger partial charge in [-0.15, -0.1) is 0 Å². The SMILES string of the molecule is CCC(C)[C@H](NC(=O)[C@@H](NC(=O)[C@@H](C[C@H](O)[C@H](CC(C)C)NC(=O)[C@@H](NC(=O)[C@@H](NC(C)=O)C(C)C)C(C)C)C(C)C)C(C)C)C(=O)NCc1ccccn1. The van der Waals surface area contributed by atoms with Crippen LogP contribution >= 0.6 is 0 Å². The molecule has 0 aliphatic carbocycles.